The second-order valence-electron chi connectivity index (χ2n) is 3.00. The number of carbonyl (C=O) groups is 3. The lowest BCUT2D eigenvalue weighted by atomic mass is 10.2. The molecule has 0 spiro atoms. The molecule has 0 heterocycles. The van der Waals surface area contributed by atoms with Crippen LogP contribution in [0.4, 0.5) is 0 Å². The Balaban J connectivity index is 2.56. The van der Waals surface area contributed by atoms with Crippen LogP contribution in [0, 0.1) is 0 Å². The molecule has 15 heavy (non-hydrogen) atoms. The SMILES string of the molecule is CC(=O)CC(=O)C(=O)Oc1ccccc1. The van der Waals surface area contributed by atoms with Crippen LogP contribution < -0.4 is 4.74 Å². The summed E-state index contributed by atoms with van der Waals surface area (Å²) in [7, 11) is 0. The van der Waals surface area contributed by atoms with Crippen LogP contribution in [-0.4, -0.2) is 17.5 Å². The number of ketones is 2. The van der Waals surface area contributed by atoms with Crippen molar-refractivity contribution in [1.82, 2.24) is 0 Å². The molecule has 0 saturated heterocycles. The Morgan fingerprint density at radius 3 is 2.27 bits per heavy atom. The lowest BCUT2D eigenvalue weighted by molar-refractivity contribution is -0.148. The van der Waals surface area contributed by atoms with Gasteiger partial charge in [0.15, 0.2) is 0 Å². The van der Waals surface area contributed by atoms with Gasteiger partial charge < -0.3 is 4.74 Å². The first kappa shape index (κ1) is 11.1. The quantitative estimate of drug-likeness (QED) is 0.321. The zero-order valence-corrected chi connectivity index (χ0v) is 8.23. The van der Waals surface area contributed by atoms with Gasteiger partial charge in [-0.05, 0) is 19.1 Å². The molecule has 0 saturated carbocycles. The van der Waals surface area contributed by atoms with Crippen molar-refractivity contribution in [2.45, 2.75) is 13.3 Å². The second-order valence-corrected chi connectivity index (χ2v) is 3.00. The number of para-hydroxylation sites is 1. The minimum absolute atomic E-state index is 0.291. The number of carbonyl (C=O) groups excluding carboxylic acids is 3. The molecule has 0 amide bonds. The van der Waals surface area contributed by atoms with Gasteiger partial charge in [0.2, 0.25) is 5.78 Å². The molecule has 1 aromatic carbocycles. The number of benzene rings is 1. The standard InChI is InChI=1S/C11H10O4/c1-8(12)7-10(13)11(14)15-9-5-3-2-4-6-9/h2-6H,7H2,1H3. The molecule has 0 N–H and O–H groups in total. The Bertz CT molecular complexity index is 381. The number of ether oxygens (including phenoxy) is 1. The first-order chi connectivity index (χ1) is 7.09. The van der Waals surface area contributed by atoms with Crippen LogP contribution in [-0.2, 0) is 14.4 Å². The third kappa shape index (κ3) is 3.72. The molecule has 0 fully saturated rings. The van der Waals surface area contributed by atoms with Gasteiger partial charge in [-0.1, -0.05) is 18.2 Å². The van der Waals surface area contributed by atoms with E-state index in [0.29, 0.717) is 5.75 Å². The van der Waals surface area contributed by atoms with E-state index in [2.05, 4.69) is 0 Å². The van der Waals surface area contributed by atoms with Crippen LogP contribution in [0.25, 0.3) is 0 Å². The second kappa shape index (κ2) is 5.05. The molecule has 0 radical (unpaired) electrons. The lowest BCUT2D eigenvalue weighted by Crippen LogP contribution is -2.22. The molecule has 0 aliphatic rings. The van der Waals surface area contributed by atoms with Gasteiger partial charge in [0.05, 0.1) is 6.42 Å². The van der Waals surface area contributed by atoms with E-state index >= 15 is 0 Å². The Morgan fingerprint density at radius 1 is 1.13 bits per heavy atom. The molecule has 1 rings (SSSR count). The third-order valence-electron chi connectivity index (χ3n) is 1.59. The van der Waals surface area contributed by atoms with E-state index in [4.69, 9.17) is 4.74 Å². The van der Waals surface area contributed by atoms with E-state index < -0.39 is 18.2 Å². The van der Waals surface area contributed by atoms with Crippen molar-refractivity contribution in [2.24, 2.45) is 0 Å². The maximum Gasteiger partial charge on any atom is 0.380 e. The number of esters is 1. The number of Topliss-reactive ketones (excluding diaryl/α,β-unsaturated/α-hetero) is 2. The van der Waals surface area contributed by atoms with E-state index in [0.717, 1.165) is 0 Å². The molecule has 0 bridgehead atoms. The lowest BCUT2D eigenvalue weighted by Gasteiger charge is -2.01. The Kier molecular flexibility index (Phi) is 3.74. The fourth-order valence-corrected chi connectivity index (χ4v) is 0.951. The summed E-state index contributed by atoms with van der Waals surface area (Å²) in [6.07, 6.45) is -0.411. The van der Waals surface area contributed by atoms with Gasteiger partial charge in [-0.25, -0.2) is 4.79 Å². The number of hydrogen-bond donors (Lipinski definition) is 0. The van der Waals surface area contributed by atoms with E-state index in [9.17, 15) is 14.4 Å². The summed E-state index contributed by atoms with van der Waals surface area (Å²) >= 11 is 0. The van der Waals surface area contributed by atoms with Gasteiger partial charge in [-0.15, -0.1) is 0 Å². The van der Waals surface area contributed by atoms with Crippen molar-refractivity contribution in [3.63, 3.8) is 0 Å². The van der Waals surface area contributed by atoms with Crippen LogP contribution >= 0.6 is 0 Å². The van der Waals surface area contributed by atoms with E-state index in [1.54, 1.807) is 30.3 Å². The van der Waals surface area contributed by atoms with Gasteiger partial charge in [0.25, 0.3) is 0 Å². The van der Waals surface area contributed by atoms with E-state index in [1.165, 1.54) is 6.92 Å². The molecule has 4 heteroatoms. The van der Waals surface area contributed by atoms with Crippen molar-refractivity contribution in [3.8, 4) is 5.75 Å². The van der Waals surface area contributed by atoms with Crippen molar-refractivity contribution in [2.75, 3.05) is 0 Å². The van der Waals surface area contributed by atoms with Crippen molar-refractivity contribution < 1.29 is 19.1 Å². The Labute approximate surface area is 86.9 Å². The zero-order chi connectivity index (χ0) is 11.3. The van der Waals surface area contributed by atoms with Crippen LogP contribution in [0.1, 0.15) is 13.3 Å². The Morgan fingerprint density at radius 2 is 1.73 bits per heavy atom. The molecular weight excluding hydrogens is 196 g/mol. The smallest absolute Gasteiger partial charge is 0.380 e. The molecule has 0 aliphatic heterocycles. The molecule has 0 aromatic heterocycles. The average molecular weight is 206 g/mol. The first-order valence-electron chi connectivity index (χ1n) is 4.39. The highest BCUT2D eigenvalue weighted by Crippen LogP contribution is 2.08. The molecule has 0 unspecified atom stereocenters. The van der Waals surface area contributed by atoms with Crippen LogP contribution in [0.3, 0.4) is 0 Å². The van der Waals surface area contributed by atoms with Crippen molar-refractivity contribution in [1.29, 1.82) is 0 Å². The minimum atomic E-state index is -1.00. The summed E-state index contributed by atoms with van der Waals surface area (Å²) in [4.78, 5) is 32.8. The number of hydrogen-bond acceptors (Lipinski definition) is 4. The summed E-state index contributed by atoms with van der Waals surface area (Å²) in [6, 6.07) is 8.22. The molecule has 1 aromatic rings. The molecule has 0 aliphatic carbocycles. The third-order valence-corrected chi connectivity index (χ3v) is 1.59. The normalized spacial score (nSPS) is 9.40. The molecule has 0 atom stereocenters. The molecule has 78 valence electrons. The van der Waals surface area contributed by atoms with Gasteiger partial charge in [-0.3, -0.25) is 9.59 Å². The summed E-state index contributed by atoms with van der Waals surface area (Å²) in [5.41, 5.74) is 0. The van der Waals surface area contributed by atoms with Crippen LogP contribution in [0.2, 0.25) is 0 Å². The van der Waals surface area contributed by atoms with Crippen molar-refractivity contribution in [3.05, 3.63) is 30.3 Å². The zero-order valence-electron chi connectivity index (χ0n) is 8.23. The fourth-order valence-electron chi connectivity index (χ4n) is 0.951. The van der Waals surface area contributed by atoms with Crippen molar-refractivity contribution >= 4 is 17.5 Å². The topological polar surface area (TPSA) is 60.4 Å². The largest absolute Gasteiger partial charge is 0.421 e. The fraction of sp³-hybridized carbons (Fsp3) is 0.182. The van der Waals surface area contributed by atoms with Gasteiger partial charge >= 0.3 is 5.97 Å². The van der Waals surface area contributed by atoms with Crippen LogP contribution in [0.5, 0.6) is 5.75 Å². The highest BCUT2D eigenvalue weighted by Gasteiger charge is 2.17. The van der Waals surface area contributed by atoms with Gasteiger partial charge in [-0.2, -0.15) is 0 Å². The minimum Gasteiger partial charge on any atom is -0.421 e. The predicted molar refractivity (Wildman–Crippen MR) is 52.4 cm³/mol. The van der Waals surface area contributed by atoms with E-state index in [-0.39, 0.29) is 5.78 Å². The van der Waals surface area contributed by atoms with Gasteiger partial charge in [0.1, 0.15) is 11.5 Å². The Hall–Kier alpha value is -1.97. The number of rotatable bonds is 4. The maximum absolute atomic E-state index is 11.1. The highest BCUT2D eigenvalue weighted by molar-refractivity contribution is 6.37. The van der Waals surface area contributed by atoms with Gasteiger partial charge in [0, 0.05) is 0 Å². The first-order valence-corrected chi connectivity index (χ1v) is 4.39. The molecular formula is C11H10O4. The molecule has 4 nitrogen and oxygen atoms in total. The summed E-state index contributed by atoms with van der Waals surface area (Å²) in [5, 5.41) is 0. The predicted octanol–water partition coefficient (Wildman–Crippen LogP) is 1.14. The maximum atomic E-state index is 11.1. The summed E-state index contributed by atoms with van der Waals surface area (Å²) in [6.45, 7) is 1.24. The summed E-state index contributed by atoms with van der Waals surface area (Å²) in [5.74, 6) is -1.90. The summed E-state index contributed by atoms with van der Waals surface area (Å²) < 4.78 is 4.74. The van der Waals surface area contributed by atoms with Crippen LogP contribution in [0.15, 0.2) is 30.3 Å². The monoisotopic (exact) mass is 206 g/mol. The van der Waals surface area contributed by atoms with E-state index in [1.807, 2.05) is 0 Å². The highest BCUT2D eigenvalue weighted by atomic mass is 16.5. The average Bonchev–Trinajstić information content (AvgIpc) is 2.18.